The Kier molecular flexibility index (Phi) is 1.42. The molecule has 0 spiro atoms. The Labute approximate surface area is 52.9 Å². The van der Waals surface area contributed by atoms with E-state index in [4.69, 9.17) is 5.11 Å². The second-order valence-electron chi connectivity index (χ2n) is 1.90. The maximum Gasteiger partial charge on any atom is 0.335 e. The summed E-state index contributed by atoms with van der Waals surface area (Å²) in [5.74, 6) is -0.401. The van der Waals surface area contributed by atoms with Crippen LogP contribution in [0.3, 0.4) is 0 Å². The molecule has 0 saturated heterocycles. The highest BCUT2D eigenvalue weighted by Gasteiger charge is 2.23. The molecule has 0 bridgehead atoms. The van der Waals surface area contributed by atoms with E-state index in [9.17, 15) is 4.79 Å². The minimum absolute atomic E-state index is 0.0440. The van der Waals surface area contributed by atoms with Gasteiger partial charge in [-0.3, -0.25) is 0 Å². The molecule has 0 aliphatic carbocycles. The summed E-state index contributed by atoms with van der Waals surface area (Å²) in [7, 11) is 0. The molecule has 0 aromatic carbocycles. The average molecular weight is 128 g/mol. The Morgan fingerprint density at radius 1 is 1.89 bits per heavy atom. The van der Waals surface area contributed by atoms with E-state index < -0.39 is 12.1 Å². The van der Waals surface area contributed by atoms with Crippen LogP contribution in [-0.4, -0.2) is 17.2 Å². The molecule has 1 aliphatic heterocycles. The van der Waals surface area contributed by atoms with Crippen molar-refractivity contribution in [3.8, 4) is 0 Å². The molecule has 0 amide bonds. The number of carbonyl (C=O) groups excluding carboxylic acids is 1. The van der Waals surface area contributed by atoms with Crippen molar-refractivity contribution in [2.24, 2.45) is 0 Å². The summed E-state index contributed by atoms with van der Waals surface area (Å²) in [5, 5.41) is 8.87. The van der Waals surface area contributed by atoms with Crippen LogP contribution >= 0.6 is 0 Å². The van der Waals surface area contributed by atoms with E-state index in [-0.39, 0.29) is 5.76 Å². The predicted octanol–water partition coefficient (Wildman–Crippen LogP) is 0.764. The fourth-order valence-corrected chi connectivity index (χ4v) is 0.741. The van der Waals surface area contributed by atoms with Crippen molar-refractivity contribution >= 4 is 5.97 Å². The van der Waals surface area contributed by atoms with Crippen LogP contribution in [0.4, 0.5) is 0 Å². The van der Waals surface area contributed by atoms with Gasteiger partial charge in [0.2, 0.25) is 0 Å². The Morgan fingerprint density at radius 2 is 2.56 bits per heavy atom. The summed E-state index contributed by atoms with van der Waals surface area (Å²) in [6.45, 7) is 1.84. The topological polar surface area (TPSA) is 46.5 Å². The van der Waals surface area contributed by atoms with Gasteiger partial charge in [-0.15, -0.1) is 0 Å². The van der Waals surface area contributed by atoms with Crippen LogP contribution in [0.2, 0.25) is 0 Å². The molecule has 1 unspecified atom stereocenters. The molecule has 1 aliphatic rings. The lowest BCUT2D eigenvalue weighted by atomic mass is 10.2. The van der Waals surface area contributed by atoms with E-state index in [1.807, 2.05) is 6.92 Å². The molecule has 3 nitrogen and oxygen atoms in total. The second-order valence-corrected chi connectivity index (χ2v) is 1.90. The number of rotatable bonds is 1. The summed E-state index contributed by atoms with van der Waals surface area (Å²) in [4.78, 5) is 10.4. The third-order valence-corrected chi connectivity index (χ3v) is 1.22. The van der Waals surface area contributed by atoms with Gasteiger partial charge in [0.1, 0.15) is 5.76 Å². The number of ether oxygens (including phenoxy) is 1. The Hall–Kier alpha value is -0.990. The zero-order chi connectivity index (χ0) is 6.85. The highest BCUT2D eigenvalue weighted by Crippen LogP contribution is 2.14. The van der Waals surface area contributed by atoms with Gasteiger partial charge in [-0.1, -0.05) is 6.92 Å². The van der Waals surface area contributed by atoms with Gasteiger partial charge >= 0.3 is 5.97 Å². The van der Waals surface area contributed by atoms with Gasteiger partial charge in [0.25, 0.3) is 0 Å². The minimum Gasteiger partial charge on any atom is -0.508 e. The smallest absolute Gasteiger partial charge is 0.335 e. The molecule has 0 saturated carbocycles. The lowest BCUT2D eigenvalue weighted by Crippen LogP contribution is -2.09. The molecule has 0 radical (unpaired) electrons. The third kappa shape index (κ3) is 1.04. The zero-order valence-electron chi connectivity index (χ0n) is 5.13. The third-order valence-electron chi connectivity index (χ3n) is 1.22. The summed E-state index contributed by atoms with van der Waals surface area (Å²) in [6.07, 6.45) is 1.35. The molecule has 3 heteroatoms. The highest BCUT2D eigenvalue weighted by atomic mass is 16.6. The van der Waals surface area contributed by atoms with Crippen molar-refractivity contribution in [3.05, 3.63) is 11.8 Å². The van der Waals surface area contributed by atoms with E-state index in [1.165, 1.54) is 0 Å². The Bertz CT molecular complexity index is 160. The summed E-state index contributed by atoms with van der Waals surface area (Å²) in [6, 6.07) is 0. The first-order chi connectivity index (χ1) is 4.24. The highest BCUT2D eigenvalue weighted by molar-refractivity contribution is 5.85. The van der Waals surface area contributed by atoms with Crippen molar-refractivity contribution in [1.82, 2.24) is 0 Å². The van der Waals surface area contributed by atoms with Gasteiger partial charge in [-0.25, -0.2) is 4.79 Å². The normalized spacial score (nSPS) is 25.7. The molecular weight excluding hydrogens is 120 g/mol. The quantitative estimate of drug-likeness (QED) is 0.530. The SMILES string of the molecule is CCC1OC(=O)C=C1O. The van der Waals surface area contributed by atoms with Gasteiger partial charge in [-0.2, -0.15) is 0 Å². The van der Waals surface area contributed by atoms with E-state index in [0.717, 1.165) is 6.08 Å². The van der Waals surface area contributed by atoms with Crippen LogP contribution in [0.15, 0.2) is 11.8 Å². The molecule has 0 aromatic heterocycles. The molecule has 50 valence electrons. The maximum absolute atomic E-state index is 10.4. The van der Waals surface area contributed by atoms with Crippen LogP contribution in [0.5, 0.6) is 0 Å². The first kappa shape index (κ1) is 6.13. The monoisotopic (exact) mass is 128 g/mol. The number of aliphatic hydroxyl groups is 1. The van der Waals surface area contributed by atoms with E-state index >= 15 is 0 Å². The largest absolute Gasteiger partial charge is 0.508 e. The van der Waals surface area contributed by atoms with Crippen molar-refractivity contribution in [2.75, 3.05) is 0 Å². The molecule has 0 aromatic rings. The van der Waals surface area contributed by atoms with Crippen LogP contribution in [0, 0.1) is 0 Å². The van der Waals surface area contributed by atoms with Crippen LogP contribution in [-0.2, 0) is 9.53 Å². The first-order valence-electron chi connectivity index (χ1n) is 2.85. The van der Waals surface area contributed by atoms with Crippen LogP contribution in [0.25, 0.3) is 0 Å². The number of hydrogen-bond acceptors (Lipinski definition) is 3. The predicted molar refractivity (Wildman–Crippen MR) is 30.9 cm³/mol. The fourth-order valence-electron chi connectivity index (χ4n) is 0.741. The number of hydrogen-bond donors (Lipinski definition) is 1. The lowest BCUT2D eigenvalue weighted by molar-refractivity contribution is -0.139. The summed E-state index contributed by atoms with van der Waals surface area (Å²) < 4.78 is 4.64. The number of cyclic esters (lactones) is 1. The first-order valence-corrected chi connectivity index (χ1v) is 2.85. The van der Waals surface area contributed by atoms with Gasteiger partial charge in [-0.05, 0) is 6.42 Å². The Morgan fingerprint density at radius 3 is 2.78 bits per heavy atom. The fraction of sp³-hybridized carbons (Fsp3) is 0.500. The number of esters is 1. The van der Waals surface area contributed by atoms with E-state index in [2.05, 4.69) is 4.74 Å². The van der Waals surface area contributed by atoms with Gasteiger partial charge in [0, 0.05) is 0 Å². The van der Waals surface area contributed by atoms with Gasteiger partial charge in [0.15, 0.2) is 6.10 Å². The summed E-state index contributed by atoms with van der Waals surface area (Å²) >= 11 is 0. The van der Waals surface area contributed by atoms with Crippen molar-refractivity contribution in [3.63, 3.8) is 0 Å². The van der Waals surface area contributed by atoms with Gasteiger partial charge in [0.05, 0.1) is 6.08 Å². The van der Waals surface area contributed by atoms with Crippen molar-refractivity contribution < 1.29 is 14.6 Å². The second kappa shape index (κ2) is 2.09. The molecule has 1 heterocycles. The number of aliphatic hydroxyl groups excluding tert-OH is 1. The van der Waals surface area contributed by atoms with Crippen LogP contribution < -0.4 is 0 Å². The minimum atomic E-state index is -0.445. The molecule has 0 fully saturated rings. The molecule has 1 rings (SSSR count). The summed E-state index contributed by atoms with van der Waals surface area (Å²) in [5.41, 5.74) is 0. The zero-order valence-corrected chi connectivity index (χ0v) is 5.13. The van der Waals surface area contributed by atoms with E-state index in [0.29, 0.717) is 6.42 Å². The van der Waals surface area contributed by atoms with Crippen molar-refractivity contribution in [1.29, 1.82) is 0 Å². The van der Waals surface area contributed by atoms with E-state index in [1.54, 1.807) is 0 Å². The average Bonchev–Trinajstić information content (AvgIpc) is 2.10. The Balaban J connectivity index is 2.64. The molecule has 1 N–H and O–H groups in total. The molecule has 1 atom stereocenters. The number of carbonyl (C=O) groups is 1. The maximum atomic E-state index is 10.4. The van der Waals surface area contributed by atoms with Crippen molar-refractivity contribution in [2.45, 2.75) is 19.4 Å². The molecular formula is C6H8O3. The lowest BCUT2D eigenvalue weighted by Gasteiger charge is -2.04. The standard InChI is InChI=1S/C6H8O3/c1-2-5-4(7)3-6(8)9-5/h3,5,7H,2H2,1H3. The molecule has 9 heavy (non-hydrogen) atoms. The van der Waals surface area contributed by atoms with Crippen LogP contribution in [0.1, 0.15) is 13.3 Å². The van der Waals surface area contributed by atoms with Gasteiger partial charge < -0.3 is 9.84 Å².